The van der Waals surface area contributed by atoms with Gasteiger partial charge in [-0.3, -0.25) is 4.90 Å². The van der Waals surface area contributed by atoms with Crippen molar-refractivity contribution < 1.29 is 14.3 Å². The van der Waals surface area contributed by atoms with E-state index in [1.165, 1.54) is 5.56 Å². The maximum absolute atomic E-state index is 12.3. The van der Waals surface area contributed by atoms with E-state index in [0.29, 0.717) is 13.2 Å². The summed E-state index contributed by atoms with van der Waals surface area (Å²) in [5.41, 5.74) is 2.22. The average molecular weight is 375 g/mol. The second-order valence-electron chi connectivity index (χ2n) is 8.23. The van der Waals surface area contributed by atoms with Crippen molar-refractivity contribution in [2.45, 2.75) is 32.3 Å². The van der Waals surface area contributed by atoms with Gasteiger partial charge in [0, 0.05) is 5.69 Å². The van der Waals surface area contributed by atoms with Crippen LogP contribution in [0.1, 0.15) is 26.3 Å². The van der Waals surface area contributed by atoms with Crippen LogP contribution in [0.3, 0.4) is 0 Å². The second-order valence-corrected chi connectivity index (χ2v) is 8.23. The van der Waals surface area contributed by atoms with Crippen LogP contribution >= 0.6 is 0 Å². The molecule has 0 spiro atoms. The van der Waals surface area contributed by atoms with Crippen LogP contribution < -0.4 is 9.64 Å². The third-order valence-electron chi connectivity index (χ3n) is 5.08. The van der Waals surface area contributed by atoms with Crippen LogP contribution in [-0.4, -0.2) is 25.3 Å². The Morgan fingerprint density at radius 3 is 2.43 bits per heavy atom. The molecule has 0 aromatic heterocycles. The highest BCUT2D eigenvalue weighted by Crippen LogP contribution is 2.27. The Hall–Kier alpha value is -3.01. The van der Waals surface area contributed by atoms with Crippen molar-refractivity contribution >= 4 is 22.6 Å². The van der Waals surface area contributed by atoms with Gasteiger partial charge in [-0.1, -0.05) is 63.2 Å². The lowest BCUT2D eigenvalue weighted by molar-refractivity contribution is 0.105. The van der Waals surface area contributed by atoms with E-state index in [2.05, 4.69) is 39.0 Å². The van der Waals surface area contributed by atoms with Gasteiger partial charge in [0.05, 0.1) is 6.54 Å². The summed E-state index contributed by atoms with van der Waals surface area (Å²) in [6.07, 6.45) is -0.617. The molecule has 3 aromatic rings. The molecule has 28 heavy (non-hydrogen) atoms. The third kappa shape index (κ3) is 3.81. The van der Waals surface area contributed by atoms with Gasteiger partial charge in [0.25, 0.3) is 0 Å². The van der Waals surface area contributed by atoms with Crippen molar-refractivity contribution in [3.8, 4) is 5.75 Å². The second kappa shape index (κ2) is 7.19. The maximum Gasteiger partial charge on any atom is 0.414 e. The van der Waals surface area contributed by atoms with E-state index in [4.69, 9.17) is 9.47 Å². The molecule has 0 bridgehead atoms. The fraction of sp³-hybridized carbons (Fsp3) is 0.292. The summed E-state index contributed by atoms with van der Waals surface area (Å²) in [6, 6.07) is 22.2. The van der Waals surface area contributed by atoms with Gasteiger partial charge in [-0.15, -0.1) is 0 Å². The topological polar surface area (TPSA) is 38.8 Å². The zero-order valence-electron chi connectivity index (χ0n) is 16.5. The van der Waals surface area contributed by atoms with Crippen molar-refractivity contribution in [3.63, 3.8) is 0 Å². The smallest absolute Gasteiger partial charge is 0.414 e. The van der Waals surface area contributed by atoms with E-state index in [1.807, 2.05) is 48.5 Å². The van der Waals surface area contributed by atoms with Crippen molar-refractivity contribution in [1.82, 2.24) is 0 Å². The summed E-state index contributed by atoms with van der Waals surface area (Å²) in [5.74, 6) is 0.785. The number of carbonyl (C=O) groups excluding carboxylic acids is 1. The van der Waals surface area contributed by atoms with Gasteiger partial charge in [0.1, 0.15) is 12.4 Å². The first-order chi connectivity index (χ1) is 13.4. The predicted molar refractivity (Wildman–Crippen MR) is 112 cm³/mol. The number of hydrogen-bond donors (Lipinski definition) is 0. The van der Waals surface area contributed by atoms with Gasteiger partial charge in [-0.05, 0) is 46.0 Å². The van der Waals surface area contributed by atoms with E-state index >= 15 is 0 Å². The first-order valence-corrected chi connectivity index (χ1v) is 9.60. The Balaban J connectivity index is 1.40. The van der Waals surface area contributed by atoms with Crippen LogP contribution in [0.2, 0.25) is 0 Å². The Labute approximate surface area is 165 Å². The molecular weight excluding hydrogens is 350 g/mol. The molecular formula is C24H25NO3. The van der Waals surface area contributed by atoms with Gasteiger partial charge in [-0.25, -0.2) is 4.79 Å². The molecule has 0 saturated carbocycles. The number of ether oxygens (including phenoxy) is 2. The molecule has 1 aliphatic heterocycles. The summed E-state index contributed by atoms with van der Waals surface area (Å²) >= 11 is 0. The molecule has 3 aromatic carbocycles. The number of benzene rings is 3. The lowest BCUT2D eigenvalue weighted by Gasteiger charge is -2.19. The molecule has 1 unspecified atom stereocenters. The molecule has 144 valence electrons. The molecule has 0 radical (unpaired) electrons. The maximum atomic E-state index is 12.3. The van der Waals surface area contributed by atoms with E-state index in [-0.39, 0.29) is 17.6 Å². The molecule has 1 amide bonds. The third-order valence-corrected chi connectivity index (χ3v) is 5.08. The fourth-order valence-corrected chi connectivity index (χ4v) is 3.40. The Morgan fingerprint density at radius 2 is 1.71 bits per heavy atom. The number of amides is 1. The van der Waals surface area contributed by atoms with Gasteiger partial charge in [-0.2, -0.15) is 0 Å². The summed E-state index contributed by atoms with van der Waals surface area (Å²) in [4.78, 5) is 14.0. The Kier molecular flexibility index (Phi) is 4.71. The molecule has 1 atom stereocenters. The zero-order chi connectivity index (χ0) is 19.7. The lowest BCUT2D eigenvalue weighted by atomic mass is 9.87. The van der Waals surface area contributed by atoms with E-state index in [9.17, 15) is 4.79 Å². The Morgan fingerprint density at radius 1 is 1.00 bits per heavy atom. The summed E-state index contributed by atoms with van der Waals surface area (Å²) in [7, 11) is 0. The molecule has 0 aliphatic carbocycles. The zero-order valence-corrected chi connectivity index (χ0v) is 16.5. The number of nitrogens with zero attached hydrogens (tertiary/aromatic N) is 1. The number of fused-ring (bicyclic) bond motifs is 1. The fourth-order valence-electron chi connectivity index (χ4n) is 3.40. The monoisotopic (exact) mass is 375 g/mol. The SMILES string of the molecule is CC(C)(C)c1ccc(OCC2CN(c3ccc4ccccc4c3)C(=O)O2)cc1. The molecule has 1 saturated heterocycles. The first-order valence-electron chi connectivity index (χ1n) is 9.60. The van der Waals surface area contributed by atoms with Crippen LogP contribution in [0.15, 0.2) is 66.7 Å². The minimum Gasteiger partial charge on any atom is -0.490 e. The Bertz CT molecular complexity index is 989. The highest BCUT2D eigenvalue weighted by molar-refractivity contribution is 5.94. The molecule has 4 nitrogen and oxygen atoms in total. The number of anilines is 1. The quantitative estimate of drug-likeness (QED) is 0.601. The summed E-state index contributed by atoms with van der Waals surface area (Å²) < 4.78 is 11.4. The predicted octanol–water partition coefficient (Wildman–Crippen LogP) is 5.54. The minimum absolute atomic E-state index is 0.111. The van der Waals surface area contributed by atoms with E-state index in [0.717, 1.165) is 22.2 Å². The van der Waals surface area contributed by atoms with Crippen LogP contribution in [-0.2, 0) is 10.2 Å². The minimum atomic E-state index is -0.327. The number of cyclic esters (lactones) is 1. The number of rotatable bonds is 4. The van der Waals surface area contributed by atoms with Gasteiger partial charge in [0.2, 0.25) is 0 Å². The number of hydrogen-bond acceptors (Lipinski definition) is 3. The summed E-state index contributed by atoms with van der Waals surface area (Å²) in [6.45, 7) is 7.37. The highest BCUT2D eigenvalue weighted by atomic mass is 16.6. The molecule has 4 heteroatoms. The molecule has 4 rings (SSSR count). The van der Waals surface area contributed by atoms with E-state index < -0.39 is 0 Å². The van der Waals surface area contributed by atoms with Crippen LogP contribution in [0.25, 0.3) is 10.8 Å². The van der Waals surface area contributed by atoms with Crippen molar-refractivity contribution in [3.05, 3.63) is 72.3 Å². The molecule has 1 heterocycles. The van der Waals surface area contributed by atoms with Crippen molar-refractivity contribution in [2.75, 3.05) is 18.1 Å². The molecule has 1 aliphatic rings. The standard InChI is InChI=1S/C24H25NO3/c1-24(2,3)19-9-12-21(13-10-19)27-16-22-15-25(23(26)28-22)20-11-8-17-6-4-5-7-18(17)14-20/h4-14,22H,15-16H2,1-3H3. The lowest BCUT2D eigenvalue weighted by Crippen LogP contribution is -2.26. The van der Waals surface area contributed by atoms with Crippen LogP contribution in [0.5, 0.6) is 5.75 Å². The van der Waals surface area contributed by atoms with Gasteiger partial charge >= 0.3 is 6.09 Å². The number of carbonyl (C=O) groups is 1. The normalized spacial score (nSPS) is 17.0. The van der Waals surface area contributed by atoms with Crippen LogP contribution in [0.4, 0.5) is 10.5 Å². The van der Waals surface area contributed by atoms with Crippen LogP contribution in [0, 0.1) is 0 Å². The average Bonchev–Trinajstić information content (AvgIpc) is 3.06. The highest BCUT2D eigenvalue weighted by Gasteiger charge is 2.33. The van der Waals surface area contributed by atoms with Crippen molar-refractivity contribution in [1.29, 1.82) is 0 Å². The summed E-state index contributed by atoms with van der Waals surface area (Å²) in [5, 5.41) is 2.25. The van der Waals surface area contributed by atoms with Gasteiger partial charge in [0.15, 0.2) is 6.10 Å². The molecule has 1 fully saturated rings. The largest absolute Gasteiger partial charge is 0.490 e. The first kappa shape index (κ1) is 18.4. The van der Waals surface area contributed by atoms with Crippen molar-refractivity contribution in [2.24, 2.45) is 0 Å². The van der Waals surface area contributed by atoms with Gasteiger partial charge < -0.3 is 9.47 Å². The molecule has 0 N–H and O–H groups in total. The van der Waals surface area contributed by atoms with E-state index in [1.54, 1.807) is 4.90 Å².